The van der Waals surface area contributed by atoms with Crippen LogP contribution in [0.3, 0.4) is 0 Å². The van der Waals surface area contributed by atoms with Crippen molar-refractivity contribution in [3.05, 3.63) is 34.9 Å². The molecule has 20 heavy (non-hydrogen) atoms. The van der Waals surface area contributed by atoms with Crippen molar-refractivity contribution >= 4 is 0 Å². The third-order valence-corrected chi connectivity index (χ3v) is 3.63. The van der Waals surface area contributed by atoms with E-state index in [-0.39, 0.29) is 17.7 Å². The van der Waals surface area contributed by atoms with Crippen molar-refractivity contribution in [3.63, 3.8) is 0 Å². The van der Waals surface area contributed by atoms with Crippen molar-refractivity contribution in [2.45, 2.75) is 25.8 Å². The highest BCUT2D eigenvalue weighted by atomic mass is 19.1. The first kappa shape index (κ1) is 14.9. The molecule has 5 heteroatoms. The topological polar surface area (TPSA) is 39.1 Å². The fourth-order valence-electron chi connectivity index (χ4n) is 2.47. The van der Waals surface area contributed by atoms with Gasteiger partial charge in [-0.2, -0.15) is 5.26 Å². The molecule has 1 aliphatic heterocycles. The smallest absolute Gasteiger partial charge is 0.131 e. The summed E-state index contributed by atoms with van der Waals surface area (Å²) in [5.41, 5.74) is 0.0136. The predicted octanol–water partition coefficient (Wildman–Crippen LogP) is 2.41. The summed E-state index contributed by atoms with van der Waals surface area (Å²) in [6.07, 6.45) is 3.77. The average Bonchev–Trinajstić information content (AvgIpc) is 2.46. The summed E-state index contributed by atoms with van der Waals surface area (Å²) < 4.78 is 27.3. The summed E-state index contributed by atoms with van der Waals surface area (Å²) >= 11 is 0. The van der Waals surface area contributed by atoms with Crippen LogP contribution in [0.2, 0.25) is 0 Å². The first-order valence-electron chi connectivity index (χ1n) is 7.02. The lowest BCUT2D eigenvalue weighted by Gasteiger charge is -2.26. The van der Waals surface area contributed by atoms with E-state index in [1.54, 1.807) is 6.07 Å². The zero-order valence-corrected chi connectivity index (χ0v) is 11.5. The minimum Gasteiger partial charge on any atom is -0.311 e. The molecule has 1 N–H and O–H groups in total. The first-order chi connectivity index (χ1) is 9.70. The SMILES string of the molecule is N#Cc1cc(F)c(CNCCN2CCCCC2)c(F)c1. The number of benzene rings is 1. The number of piperidine rings is 1. The molecular formula is C15H19F2N3. The molecule has 3 nitrogen and oxygen atoms in total. The number of nitrogens with zero attached hydrogens (tertiary/aromatic N) is 2. The summed E-state index contributed by atoms with van der Waals surface area (Å²) in [6.45, 7) is 3.98. The van der Waals surface area contributed by atoms with Crippen molar-refractivity contribution in [2.24, 2.45) is 0 Å². The molecule has 0 radical (unpaired) electrons. The van der Waals surface area contributed by atoms with Crippen LogP contribution in [0.5, 0.6) is 0 Å². The highest BCUT2D eigenvalue weighted by molar-refractivity contribution is 5.34. The lowest BCUT2D eigenvalue weighted by Crippen LogP contribution is -2.35. The number of hydrogen-bond acceptors (Lipinski definition) is 3. The third kappa shape index (κ3) is 3.99. The second-order valence-electron chi connectivity index (χ2n) is 5.11. The Morgan fingerprint density at radius 2 is 1.80 bits per heavy atom. The van der Waals surface area contributed by atoms with Crippen molar-refractivity contribution in [1.82, 2.24) is 10.2 Å². The Morgan fingerprint density at radius 3 is 2.40 bits per heavy atom. The van der Waals surface area contributed by atoms with E-state index in [1.807, 2.05) is 0 Å². The lowest BCUT2D eigenvalue weighted by atomic mass is 10.1. The van der Waals surface area contributed by atoms with Gasteiger partial charge in [-0.05, 0) is 38.1 Å². The highest BCUT2D eigenvalue weighted by Crippen LogP contribution is 2.15. The fraction of sp³-hybridized carbons (Fsp3) is 0.533. The highest BCUT2D eigenvalue weighted by Gasteiger charge is 2.12. The maximum Gasteiger partial charge on any atom is 0.131 e. The second kappa shape index (κ2) is 7.32. The van der Waals surface area contributed by atoms with Gasteiger partial charge in [0.2, 0.25) is 0 Å². The van der Waals surface area contributed by atoms with Gasteiger partial charge < -0.3 is 10.2 Å². The molecular weight excluding hydrogens is 260 g/mol. The van der Waals surface area contributed by atoms with E-state index >= 15 is 0 Å². The van der Waals surface area contributed by atoms with Gasteiger partial charge >= 0.3 is 0 Å². The van der Waals surface area contributed by atoms with Gasteiger partial charge in [0.25, 0.3) is 0 Å². The van der Waals surface area contributed by atoms with E-state index in [9.17, 15) is 8.78 Å². The standard InChI is InChI=1S/C15H19F2N3/c16-14-8-12(10-18)9-15(17)13(14)11-19-4-7-20-5-2-1-3-6-20/h8-9,19H,1-7,11H2. The van der Waals surface area contributed by atoms with E-state index < -0.39 is 11.6 Å². The van der Waals surface area contributed by atoms with Crippen LogP contribution in [0, 0.1) is 23.0 Å². The number of hydrogen-bond donors (Lipinski definition) is 1. The summed E-state index contributed by atoms with van der Waals surface area (Å²) in [4.78, 5) is 2.36. The second-order valence-corrected chi connectivity index (χ2v) is 5.11. The molecule has 0 aromatic heterocycles. The molecule has 1 aromatic rings. The molecule has 1 fully saturated rings. The van der Waals surface area contributed by atoms with Crippen LogP contribution in [0.1, 0.15) is 30.4 Å². The third-order valence-electron chi connectivity index (χ3n) is 3.63. The van der Waals surface area contributed by atoms with E-state index in [0.717, 1.165) is 31.8 Å². The zero-order chi connectivity index (χ0) is 14.4. The number of nitriles is 1. The zero-order valence-electron chi connectivity index (χ0n) is 11.5. The molecule has 2 rings (SSSR count). The lowest BCUT2D eigenvalue weighted by molar-refractivity contribution is 0.228. The van der Waals surface area contributed by atoms with E-state index in [2.05, 4.69) is 10.2 Å². The summed E-state index contributed by atoms with van der Waals surface area (Å²) in [5.74, 6) is -1.32. The molecule has 1 aromatic carbocycles. The van der Waals surface area contributed by atoms with Crippen molar-refractivity contribution in [3.8, 4) is 6.07 Å². The van der Waals surface area contributed by atoms with Gasteiger partial charge in [-0.3, -0.25) is 0 Å². The Balaban J connectivity index is 1.80. The molecule has 1 heterocycles. The average molecular weight is 279 g/mol. The van der Waals surface area contributed by atoms with Crippen molar-refractivity contribution < 1.29 is 8.78 Å². The van der Waals surface area contributed by atoms with Gasteiger partial charge in [-0.1, -0.05) is 6.42 Å². The van der Waals surface area contributed by atoms with Crippen LogP contribution in [-0.2, 0) is 6.54 Å². The van der Waals surface area contributed by atoms with Gasteiger partial charge in [-0.25, -0.2) is 8.78 Å². The molecule has 0 amide bonds. The Kier molecular flexibility index (Phi) is 5.45. The van der Waals surface area contributed by atoms with Crippen molar-refractivity contribution in [2.75, 3.05) is 26.2 Å². The molecule has 0 aliphatic carbocycles. The molecule has 1 aliphatic rings. The summed E-state index contributed by atoms with van der Waals surface area (Å²) in [6, 6.07) is 3.89. The van der Waals surface area contributed by atoms with Crippen LogP contribution in [0.15, 0.2) is 12.1 Å². The van der Waals surface area contributed by atoms with Crippen molar-refractivity contribution in [1.29, 1.82) is 5.26 Å². The van der Waals surface area contributed by atoms with Gasteiger partial charge in [0.1, 0.15) is 11.6 Å². The van der Waals surface area contributed by atoms with Gasteiger partial charge in [0.15, 0.2) is 0 Å². The minimum atomic E-state index is -0.660. The Hall–Kier alpha value is -1.51. The fourth-order valence-corrected chi connectivity index (χ4v) is 2.47. The molecule has 0 atom stereocenters. The molecule has 108 valence electrons. The van der Waals surface area contributed by atoms with E-state index in [0.29, 0.717) is 6.54 Å². The van der Waals surface area contributed by atoms with Crippen LogP contribution < -0.4 is 5.32 Å². The molecule has 0 saturated carbocycles. The molecule has 0 spiro atoms. The van der Waals surface area contributed by atoms with Gasteiger partial charge in [0, 0.05) is 25.2 Å². The Labute approximate surface area is 118 Å². The molecule has 0 bridgehead atoms. The Bertz CT molecular complexity index is 467. The van der Waals surface area contributed by atoms with Crippen LogP contribution >= 0.6 is 0 Å². The normalized spacial score (nSPS) is 16.1. The monoisotopic (exact) mass is 279 g/mol. The predicted molar refractivity (Wildman–Crippen MR) is 73.1 cm³/mol. The quantitative estimate of drug-likeness (QED) is 0.841. The number of nitrogens with one attached hydrogen (secondary N) is 1. The van der Waals surface area contributed by atoms with Gasteiger partial charge in [0.05, 0.1) is 11.6 Å². The number of likely N-dealkylation sites (tertiary alicyclic amines) is 1. The molecule has 1 saturated heterocycles. The summed E-state index contributed by atoms with van der Waals surface area (Å²) in [7, 11) is 0. The largest absolute Gasteiger partial charge is 0.311 e. The maximum absolute atomic E-state index is 13.6. The minimum absolute atomic E-state index is 0.00245. The van der Waals surface area contributed by atoms with Crippen LogP contribution in [0.25, 0.3) is 0 Å². The van der Waals surface area contributed by atoms with E-state index in [4.69, 9.17) is 5.26 Å². The maximum atomic E-state index is 13.6. The first-order valence-corrected chi connectivity index (χ1v) is 7.02. The van der Waals surface area contributed by atoms with E-state index in [1.165, 1.54) is 19.3 Å². The van der Waals surface area contributed by atoms with Crippen LogP contribution in [0.4, 0.5) is 8.78 Å². The number of halogens is 2. The number of rotatable bonds is 5. The van der Waals surface area contributed by atoms with Crippen LogP contribution in [-0.4, -0.2) is 31.1 Å². The molecule has 0 unspecified atom stereocenters. The van der Waals surface area contributed by atoms with Gasteiger partial charge in [-0.15, -0.1) is 0 Å². The summed E-state index contributed by atoms with van der Waals surface area (Å²) in [5, 5.41) is 11.7. The Morgan fingerprint density at radius 1 is 1.15 bits per heavy atom.